The SMILES string of the molecule is NC(=NO)c1cnc(N2CCSCC2)c([N+](=O)[O-])c1. The zero-order valence-electron chi connectivity index (χ0n) is 10.0. The van der Waals surface area contributed by atoms with E-state index in [4.69, 9.17) is 10.9 Å². The van der Waals surface area contributed by atoms with Gasteiger partial charge in [-0.2, -0.15) is 11.8 Å². The first-order valence-corrected chi connectivity index (χ1v) is 6.74. The Morgan fingerprint density at radius 2 is 2.26 bits per heavy atom. The molecule has 9 heteroatoms. The molecule has 0 spiro atoms. The minimum Gasteiger partial charge on any atom is -0.409 e. The van der Waals surface area contributed by atoms with Crippen molar-refractivity contribution in [1.29, 1.82) is 0 Å². The van der Waals surface area contributed by atoms with Crippen LogP contribution in [0.5, 0.6) is 0 Å². The van der Waals surface area contributed by atoms with Crippen LogP contribution >= 0.6 is 11.8 Å². The summed E-state index contributed by atoms with van der Waals surface area (Å²) in [7, 11) is 0. The average molecular weight is 283 g/mol. The largest absolute Gasteiger partial charge is 0.409 e. The van der Waals surface area contributed by atoms with Crippen LogP contribution in [0.4, 0.5) is 11.5 Å². The van der Waals surface area contributed by atoms with E-state index in [1.54, 1.807) is 0 Å². The highest BCUT2D eigenvalue weighted by molar-refractivity contribution is 7.99. The lowest BCUT2D eigenvalue weighted by Gasteiger charge is -2.26. The van der Waals surface area contributed by atoms with Gasteiger partial charge in [-0.25, -0.2) is 4.98 Å². The summed E-state index contributed by atoms with van der Waals surface area (Å²) in [6, 6.07) is 1.28. The fourth-order valence-electron chi connectivity index (χ4n) is 1.80. The van der Waals surface area contributed by atoms with Crippen LogP contribution in [-0.4, -0.2) is 45.5 Å². The Bertz CT molecular complexity index is 516. The van der Waals surface area contributed by atoms with Crippen LogP contribution in [0, 0.1) is 10.1 Å². The summed E-state index contributed by atoms with van der Waals surface area (Å²) in [6.07, 6.45) is 1.37. The van der Waals surface area contributed by atoms with Gasteiger partial charge in [0.15, 0.2) is 5.84 Å². The Morgan fingerprint density at radius 1 is 1.58 bits per heavy atom. The molecule has 0 radical (unpaired) electrons. The summed E-state index contributed by atoms with van der Waals surface area (Å²) in [5.74, 6) is 1.97. The lowest BCUT2D eigenvalue weighted by atomic mass is 10.2. The van der Waals surface area contributed by atoms with E-state index in [1.165, 1.54) is 12.3 Å². The second kappa shape index (κ2) is 5.74. The van der Waals surface area contributed by atoms with E-state index in [1.807, 2.05) is 16.7 Å². The highest BCUT2D eigenvalue weighted by Gasteiger charge is 2.24. The smallest absolute Gasteiger partial charge is 0.312 e. The number of pyridine rings is 1. The quantitative estimate of drug-likeness (QED) is 0.275. The van der Waals surface area contributed by atoms with E-state index in [2.05, 4.69) is 10.1 Å². The minimum absolute atomic E-state index is 0.129. The third kappa shape index (κ3) is 2.87. The van der Waals surface area contributed by atoms with Crippen LogP contribution in [-0.2, 0) is 0 Å². The highest BCUT2D eigenvalue weighted by Crippen LogP contribution is 2.28. The fourth-order valence-corrected chi connectivity index (χ4v) is 2.70. The standard InChI is InChI=1S/C10H13N5O3S/c11-9(13-16)7-5-8(15(17)18)10(12-6-7)14-1-3-19-4-2-14/h5-6,16H,1-4H2,(H2,11,13). The molecule has 1 aromatic rings. The summed E-state index contributed by atoms with van der Waals surface area (Å²) in [4.78, 5) is 16.6. The second-order valence-corrected chi connectivity index (χ2v) is 5.13. The van der Waals surface area contributed by atoms with E-state index in [9.17, 15) is 10.1 Å². The van der Waals surface area contributed by atoms with Crippen molar-refractivity contribution in [1.82, 2.24) is 4.98 Å². The topological polar surface area (TPSA) is 118 Å². The Labute approximate surface area is 113 Å². The van der Waals surface area contributed by atoms with E-state index in [0.717, 1.165) is 24.6 Å². The van der Waals surface area contributed by atoms with Gasteiger partial charge in [-0.1, -0.05) is 5.16 Å². The molecule has 0 unspecified atom stereocenters. The number of oxime groups is 1. The molecule has 1 saturated heterocycles. The maximum absolute atomic E-state index is 11.1. The highest BCUT2D eigenvalue weighted by atomic mass is 32.2. The molecule has 1 aliphatic rings. The molecule has 0 atom stereocenters. The molecule has 0 aliphatic carbocycles. The molecular weight excluding hydrogens is 270 g/mol. The average Bonchev–Trinajstić information content (AvgIpc) is 2.46. The molecule has 8 nitrogen and oxygen atoms in total. The number of nitrogens with zero attached hydrogens (tertiary/aromatic N) is 4. The third-order valence-electron chi connectivity index (χ3n) is 2.76. The zero-order valence-corrected chi connectivity index (χ0v) is 10.8. The molecule has 1 aromatic heterocycles. The fraction of sp³-hybridized carbons (Fsp3) is 0.400. The number of hydrogen-bond acceptors (Lipinski definition) is 7. The van der Waals surface area contributed by atoms with Crippen molar-refractivity contribution in [2.45, 2.75) is 0 Å². The molecule has 1 fully saturated rings. The van der Waals surface area contributed by atoms with Crippen LogP contribution in [0.15, 0.2) is 17.4 Å². The van der Waals surface area contributed by atoms with Crippen molar-refractivity contribution in [2.24, 2.45) is 10.9 Å². The van der Waals surface area contributed by atoms with Crippen LogP contribution in [0.1, 0.15) is 5.56 Å². The molecular formula is C10H13N5O3S. The van der Waals surface area contributed by atoms with Gasteiger partial charge in [0.05, 0.1) is 4.92 Å². The number of amidine groups is 1. The zero-order chi connectivity index (χ0) is 13.8. The lowest BCUT2D eigenvalue weighted by Crippen LogP contribution is -2.33. The predicted octanol–water partition coefficient (Wildman–Crippen LogP) is 0.637. The van der Waals surface area contributed by atoms with E-state index in [0.29, 0.717) is 5.82 Å². The first-order chi connectivity index (χ1) is 9.13. The molecule has 0 saturated carbocycles. The van der Waals surface area contributed by atoms with E-state index >= 15 is 0 Å². The molecule has 2 heterocycles. The van der Waals surface area contributed by atoms with Gasteiger partial charge < -0.3 is 15.8 Å². The van der Waals surface area contributed by atoms with Gasteiger partial charge in [-0.15, -0.1) is 0 Å². The number of hydrogen-bond donors (Lipinski definition) is 2. The summed E-state index contributed by atoms with van der Waals surface area (Å²) < 4.78 is 0. The van der Waals surface area contributed by atoms with Gasteiger partial charge in [0.1, 0.15) is 0 Å². The number of rotatable bonds is 3. The van der Waals surface area contributed by atoms with Crippen LogP contribution in [0.2, 0.25) is 0 Å². The second-order valence-electron chi connectivity index (χ2n) is 3.91. The number of nitrogens with two attached hydrogens (primary N) is 1. The van der Waals surface area contributed by atoms with Gasteiger partial charge in [0.2, 0.25) is 5.82 Å². The Morgan fingerprint density at radius 3 is 2.84 bits per heavy atom. The first kappa shape index (κ1) is 13.4. The third-order valence-corrected chi connectivity index (χ3v) is 3.70. The molecule has 102 valence electrons. The van der Waals surface area contributed by atoms with Crippen LogP contribution in [0.3, 0.4) is 0 Å². The molecule has 0 bridgehead atoms. The Hall–Kier alpha value is -2.03. The van der Waals surface area contributed by atoms with Gasteiger partial charge in [0, 0.05) is 42.4 Å². The van der Waals surface area contributed by atoms with Gasteiger partial charge in [0.25, 0.3) is 0 Å². The van der Waals surface area contributed by atoms with Crippen molar-refractivity contribution in [2.75, 3.05) is 29.5 Å². The Balaban J connectivity index is 2.40. The number of nitro groups is 1. The maximum atomic E-state index is 11.1. The summed E-state index contributed by atoms with van der Waals surface area (Å²) in [5, 5.41) is 22.5. The molecule has 0 amide bonds. The molecule has 1 aliphatic heterocycles. The summed E-state index contributed by atoms with van der Waals surface area (Å²) in [6.45, 7) is 1.45. The van der Waals surface area contributed by atoms with Crippen molar-refractivity contribution >= 4 is 29.1 Å². The minimum atomic E-state index is -0.502. The number of thioether (sulfide) groups is 1. The van der Waals surface area contributed by atoms with Gasteiger partial charge in [-0.3, -0.25) is 10.1 Å². The van der Waals surface area contributed by atoms with Crippen molar-refractivity contribution in [3.05, 3.63) is 27.9 Å². The van der Waals surface area contributed by atoms with Gasteiger partial charge in [-0.05, 0) is 0 Å². The monoisotopic (exact) mass is 283 g/mol. The summed E-state index contributed by atoms with van der Waals surface area (Å²) >= 11 is 1.81. The molecule has 3 N–H and O–H groups in total. The predicted molar refractivity (Wildman–Crippen MR) is 72.9 cm³/mol. The van der Waals surface area contributed by atoms with Gasteiger partial charge >= 0.3 is 5.69 Å². The van der Waals surface area contributed by atoms with Crippen molar-refractivity contribution < 1.29 is 10.1 Å². The molecule has 19 heavy (non-hydrogen) atoms. The number of aromatic nitrogens is 1. The normalized spacial score (nSPS) is 16.4. The lowest BCUT2D eigenvalue weighted by molar-refractivity contribution is -0.384. The first-order valence-electron chi connectivity index (χ1n) is 5.58. The van der Waals surface area contributed by atoms with Crippen LogP contribution < -0.4 is 10.6 Å². The van der Waals surface area contributed by atoms with E-state index < -0.39 is 4.92 Å². The van der Waals surface area contributed by atoms with Crippen LogP contribution in [0.25, 0.3) is 0 Å². The molecule has 0 aromatic carbocycles. The van der Waals surface area contributed by atoms with Crippen molar-refractivity contribution in [3.8, 4) is 0 Å². The van der Waals surface area contributed by atoms with Crippen molar-refractivity contribution in [3.63, 3.8) is 0 Å². The molecule has 2 rings (SSSR count). The Kier molecular flexibility index (Phi) is 4.05. The maximum Gasteiger partial charge on any atom is 0.312 e. The number of anilines is 1. The van der Waals surface area contributed by atoms with E-state index in [-0.39, 0.29) is 17.1 Å². The summed E-state index contributed by atoms with van der Waals surface area (Å²) in [5.41, 5.74) is 5.51.